The molecule has 0 bridgehead atoms. The summed E-state index contributed by atoms with van der Waals surface area (Å²) in [5.74, 6) is 2.47. The molecule has 9 rings (SSSR count). The predicted molar refractivity (Wildman–Crippen MR) is 177 cm³/mol. The third-order valence-electron chi connectivity index (χ3n) is 10.7. The van der Waals surface area contributed by atoms with Crippen LogP contribution in [0.2, 0.25) is 0 Å². The van der Waals surface area contributed by atoms with Gasteiger partial charge in [0, 0.05) is 60.8 Å². The number of fused-ring (bicyclic) bond motifs is 5. The first kappa shape index (κ1) is 28.3. The van der Waals surface area contributed by atoms with Crippen molar-refractivity contribution in [1.29, 1.82) is 0 Å². The first-order valence-corrected chi connectivity index (χ1v) is 17.0. The van der Waals surface area contributed by atoms with Crippen LogP contribution in [0.25, 0.3) is 33.4 Å². The number of nitrogens with zero attached hydrogens (tertiary/aromatic N) is 4. The highest BCUT2D eigenvalue weighted by atomic mass is 16.5. The fraction of sp³-hybridized carbons (Fsp3) is 0.472. The van der Waals surface area contributed by atoms with Crippen LogP contribution in [0, 0.1) is 5.92 Å². The van der Waals surface area contributed by atoms with Crippen LogP contribution in [-0.4, -0.2) is 76.1 Å². The van der Waals surface area contributed by atoms with Crippen LogP contribution in [0.15, 0.2) is 53.7 Å². The highest BCUT2D eigenvalue weighted by Gasteiger charge is 2.34. The van der Waals surface area contributed by atoms with Crippen LogP contribution in [-0.2, 0) is 16.3 Å². The molecule has 10 nitrogen and oxygen atoms in total. The molecule has 0 saturated carbocycles. The highest BCUT2D eigenvalue weighted by molar-refractivity contribution is 6.04. The van der Waals surface area contributed by atoms with E-state index in [1.54, 1.807) is 0 Å². The van der Waals surface area contributed by atoms with E-state index in [0.29, 0.717) is 25.1 Å². The average molecular weight is 620 g/mol. The highest BCUT2D eigenvalue weighted by Crippen LogP contribution is 2.40. The Labute approximate surface area is 268 Å². The van der Waals surface area contributed by atoms with Gasteiger partial charge in [-0.3, -0.25) is 15.1 Å². The second kappa shape index (κ2) is 11.7. The third-order valence-corrected chi connectivity index (χ3v) is 10.7. The largest absolute Gasteiger partial charge is 0.472 e. The SMILES string of the molecule is O=C(CC1CCOCC1)N1CCCC1c1ncc(-c2ccc3c(c2)cc2n3COc3cc(C4=NC(C5CCCN5)NC4)ccc3-2)[nH]1. The first-order chi connectivity index (χ1) is 22.7. The second-order valence-electron chi connectivity index (χ2n) is 13.5. The van der Waals surface area contributed by atoms with Crippen molar-refractivity contribution in [2.75, 3.05) is 32.8 Å². The molecule has 3 unspecified atom stereocenters. The minimum Gasteiger partial charge on any atom is -0.472 e. The molecule has 2 aromatic heterocycles. The smallest absolute Gasteiger partial charge is 0.223 e. The number of aliphatic imine (C=N–C) groups is 1. The third kappa shape index (κ3) is 5.03. The fourth-order valence-corrected chi connectivity index (χ4v) is 8.13. The van der Waals surface area contributed by atoms with Gasteiger partial charge in [0.2, 0.25) is 5.91 Å². The summed E-state index contributed by atoms with van der Waals surface area (Å²) in [7, 11) is 0. The van der Waals surface area contributed by atoms with Gasteiger partial charge in [-0.2, -0.15) is 0 Å². The van der Waals surface area contributed by atoms with E-state index in [-0.39, 0.29) is 18.1 Å². The zero-order valence-electron chi connectivity index (χ0n) is 26.1. The molecule has 3 N–H and O–H groups in total. The molecule has 3 saturated heterocycles. The van der Waals surface area contributed by atoms with Gasteiger partial charge < -0.3 is 29.2 Å². The van der Waals surface area contributed by atoms with Crippen molar-refractivity contribution in [3.8, 4) is 28.3 Å². The summed E-state index contributed by atoms with van der Waals surface area (Å²) in [6.45, 7) is 4.68. The number of imidazole rings is 1. The van der Waals surface area contributed by atoms with Crippen molar-refractivity contribution in [2.24, 2.45) is 10.9 Å². The van der Waals surface area contributed by atoms with Gasteiger partial charge in [-0.1, -0.05) is 12.1 Å². The van der Waals surface area contributed by atoms with Crippen molar-refractivity contribution in [1.82, 2.24) is 30.1 Å². The normalized spacial score (nSPS) is 24.7. The van der Waals surface area contributed by atoms with Crippen LogP contribution in [0.4, 0.5) is 0 Å². The molecule has 46 heavy (non-hydrogen) atoms. The molecule has 4 aromatic rings. The summed E-state index contributed by atoms with van der Waals surface area (Å²) in [6, 6.07) is 15.8. The van der Waals surface area contributed by atoms with Gasteiger partial charge in [-0.25, -0.2) is 4.98 Å². The number of likely N-dealkylation sites (tertiary alicyclic amines) is 1. The molecule has 7 heterocycles. The van der Waals surface area contributed by atoms with Gasteiger partial charge in [0.05, 0.1) is 34.9 Å². The van der Waals surface area contributed by atoms with Gasteiger partial charge in [-0.15, -0.1) is 0 Å². The Balaban J connectivity index is 0.943. The van der Waals surface area contributed by atoms with E-state index in [0.717, 1.165) is 115 Å². The number of nitrogens with one attached hydrogen (secondary N) is 3. The van der Waals surface area contributed by atoms with E-state index < -0.39 is 0 Å². The lowest BCUT2D eigenvalue weighted by Gasteiger charge is -2.27. The summed E-state index contributed by atoms with van der Waals surface area (Å²) in [5, 5.41) is 8.31. The van der Waals surface area contributed by atoms with E-state index in [9.17, 15) is 4.79 Å². The molecule has 3 fully saturated rings. The minimum absolute atomic E-state index is 0.0152. The standard InChI is InChI=1S/C36H41N7O3/c44-34(15-22-9-13-45-14-10-22)42-12-2-4-31(42)36-39-20-28(41-36)23-6-8-30-25(16-23)17-32-26-7-5-24(18-33(26)46-21-43(30)32)29-19-38-35(40-29)27-3-1-11-37-27/h5-8,16-18,20,22,27,31,35,37-38H,1-4,9-15,19,21H2,(H,39,41). The van der Waals surface area contributed by atoms with Gasteiger partial charge >= 0.3 is 0 Å². The minimum atomic E-state index is 0.0152. The molecule has 0 spiro atoms. The molecule has 3 atom stereocenters. The van der Waals surface area contributed by atoms with Gasteiger partial charge in [0.15, 0.2) is 6.73 Å². The van der Waals surface area contributed by atoms with E-state index in [1.807, 2.05) is 11.1 Å². The number of ether oxygens (including phenoxy) is 2. The number of amides is 1. The van der Waals surface area contributed by atoms with Crippen LogP contribution >= 0.6 is 0 Å². The monoisotopic (exact) mass is 619 g/mol. The Morgan fingerprint density at radius 3 is 2.78 bits per heavy atom. The average Bonchev–Trinajstić information content (AvgIpc) is 3.93. The molecule has 10 heteroatoms. The molecule has 5 aliphatic heterocycles. The number of carbonyl (C=O) groups is 1. The van der Waals surface area contributed by atoms with Crippen LogP contribution in [0.3, 0.4) is 0 Å². The number of hydrogen-bond donors (Lipinski definition) is 3. The van der Waals surface area contributed by atoms with Crippen molar-refractivity contribution < 1.29 is 14.3 Å². The predicted octanol–water partition coefficient (Wildman–Crippen LogP) is 5.00. The Kier molecular flexibility index (Phi) is 7.17. The number of benzene rings is 2. The van der Waals surface area contributed by atoms with E-state index >= 15 is 0 Å². The summed E-state index contributed by atoms with van der Waals surface area (Å²) >= 11 is 0. The quantitative estimate of drug-likeness (QED) is 0.281. The van der Waals surface area contributed by atoms with Crippen LogP contribution in [0.5, 0.6) is 5.75 Å². The number of H-pyrrole nitrogens is 1. The van der Waals surface area contributed by atoms with E-state index in [1.165, 1.54) is 12.8 Å². The Morgan fingerprint density at radius 1 is 0.978 bits per heavy atom. The maximum absolute atomic E-state index is 13.3. The fourth-order valence-electron chi connectivity index (χ4n) is 8.13. The van der Waals surface area contributed by atoms with Gasteiger partial charge in [0.25, 0.3) is 0 Å². The molecular formula is C36H41N7O3. The van der Waals surface area contributed by atoms with E-state index in [4.69, 9.17) is 19.5 Å². The van der Waals surface area contributed by atoms with Crippen LogP contribution < -0.4 is 15.4 Å². The topological polar surface area (TPSA) is 109 Å². The Hall–Kier alpha value is -3.99. The molecule has 5 aliphatic rings. The number of carbonyl (C=O) groups excluding carboxylic acids is 1. The van der Waals surface area contributed by atoms with Gasteiger partial charge in [0.1, 0.15) is 17.7 Å². The number of rotatable bonds is 6. The maximum Gasteiger partial charge on any atom is 0.223 e. The maximum atomic E-state index is 13.3. The lowest BCUT2D eigenvalue weighted by atomic mass is 9.96. The lowest BCUT2D eigenvalue weighted by molar-refractivity contribution is -0.134. The lowest BCUT2D eigenvalue weighted by Crippen LogP contribution is -2.40. The molecule has 0 aliphatic carbocycles. The second-order valence-corrected chi connectivity index (χ2v) is 13.5. The number of aromatic amines is 1. The Morgan fingerprint density at radius 2 is 1.89 bits per heavy atom. The van der Waals surface area contributed by atoms with Crippen molar-refractivity contribution in [2.45, 2.75) is 69.9 Å². The zero-order chi connectivity index (χ0) is 30.6. The van der Waals surface area contributed by atoms with Crippen molar-refractivity contribution >= 4 is 22.5 Å². The van der Waals surface area contributed by atoms with Crippen LogP contribution in [0.1, 0.15) is 62.4 Å². The zero-order valence-corrected chi connectivity index (χ0v) is 26.1. The van der Waals surface area contributed by atoms with E-state index in [2.05, 4.69) is 62.6 Å². The number of aromatic nitrogens is 3. The summed E-state index contributed by atoms with van der Waals surface area (Å²) in [5.41, 5.74) is 7.69. The summed E-state index contributed by atoms with van der Waals surface area (Å²) in [6.07, 6.45) is 8.99. The molecule has 2 aromatic carbocycles. The molecule has 1 amide bonds. The molecule has 238 valence electrons. The van der Waals surface area contributed by atoms with Crippen molar-refractivity contribution in [3.63, 3.8) is 0 Å². The first-order valence-electron chi connectivity index (χ1n) is 17.0. The molecule has 0 radical (unpaired) electrons. The summed E-state index contributed by atoms with van der Waals surface area (Å²) in [4.78, 5) is 28.7. The number of hydrogen-bond acceptors (Lipinski definition) is 7. The van der Waals surface area contributed by atoms with Gasteiger partial charge in [-0.05, 0) is 81.3 Å². The van der Waals surface area contributed by atoms with Crippen molar-refractivity contribution in [3.05, 3.63) is 60.0 Å². The summed E-state index contributed by atoms with van der Waals surface area (Å²) < 4.78 is 14.1. The molecular weight excluding hydrogens is 578 g/mol. The Bertz CT molecular complexity index is 1810.